The van der Waals surface area contributed by atoms with E-state index < -0.39 is 0 Å². The summed E-state index contributed by atoms with van der Waals surface area (Å²) < 4.78 is 5.67. The first-order chi connectivity index (χ1) is 14.1. The number of rotatable bonds is 6. The minimum atomic E-state index is -0.133. The lowest BCUT2D eigenvalue weighted by Gasteiger charge is -2.16. The van der Waals surface area contributed by atoms with Gasteiger partial charge in [0.05, 0.1) is 29.1 Å². The van der Waals surface area contributed by atoms with Crippen LogP contribution in [-0.2, 0) is 4.79 Å². The van der Waals surface area contributed by atoms with Crippen molar-refractivity contribution in [1.29, 1.82) is 5.26 Å². The zero-order valence-corrected chi connectivity index (χ0v) is 16.2. The molecule has 3 aromatic rings. The summed E-state index contributed by atoms with van der Waals surface area (Å²) in [5, 5.41) is 16.4. The van der Waals surface area contributed by atoms with Crippen molar-refractivity contribution in [3.63, 3.8) is 0 Å². The van der Waals surface area contributed by atoms with Crippen LogP contribution in [0.3, 0.4) is 0 Å². The topological polar surface area (TPSA) is 87.0 Å². The van der Waals surface area contributed by atoms with Crippen LogP contribution in [0.15, 0.2) is 42.6 Å². The number of nitriles is 1. The van der Waals surface area contributed by atoms with Gasteiger partial charge in [0.15, 0.2) is 0 Å². The van der Waals surface area contributed by atoms with Crippen LogP contribution in [0.5, 0.6) is 5.75 Å². The Kier molecular flexibility index (Phi) is 5.97. The molecule has 0 spiro atoms. The van der Waals surface area contributed by atoms with Gasteiger partial charge in [0.1, 0.15) is 11.8 Å². The number of carbonyl (C=O) groups excluding carboxylic acids is 1. The first kappa shape index (κ1) is 19.7. The molecule has 0 radical (unpaired) electrons. The number of carbonyl (C=O) groups is 1. The van der Waals surface area contributed by atoms with E-state index in [2.05, 4.69) is 27.6 Å². The first-order valence-corrected chi connectivity index (χ1v) is 9.22. The average molecular weight is 384 g/mol. The van der Waals surface area contributed by atoms with E-state index in [4.69, 9.17) is 11.2 Å². The summed E-state index contributed by atoms with van der Waals surface area (Å²) in [6.07, 6.45) is 7.34. The van der Waals surface area contributed by atoms with Crippen molar-refractivity contribution in [1.82, 2.24) is 4.98 Å². The maximum Gasteiger partial charge on any atom is 0.224 e. The molecule has 0 atom stereocenters. The number of nitrogens with one attached hydrogen (secondary N) is 2. The number of anilines is 3. The standard InChI is InChI=1S/C23H20N4O2/c1-4-15-8-7-9-17(10-15)26-23-16(13-24)14-25-19-12-21(29-6-3)20(11-18(19)23)27-22(28)5-2/h1,7-12,14H,5-6H2,2-3H3,(H,25,26)(H,27,28). The second-order valence-electron chi connectivity index (χ2n) is 6.21. The molecule has 0 bridgehead atoms. The number of pyridine rings is 1. The summed E-state index contributed by atoms with van der Waals surface area (Å²) in [6.45, 7) is 4.09. The zero-order valence-electron chi connectivity index (χ0n) is 16.2. The number of amides is 1. The molecule has 0 aliphatic carbocycles. The largest absolute Gasteiger partial charge is 0.492 e. The predicted octanol–water partition coefficient (Wildman–Crippen LogP) is 4.58. The molecule has 2 aromatic carbocycles. The summed E-state index contributed by atoms with van der Waals surface area (Å²) in [5.74, 6) is 2.99. The molecule has 1 heterocycles. The molecule has 1 aromatic heterocycles. The molecule has 0 unspecified atom stereocenters. The minimum absolute atomic E-state index is 0.133. The van der Waals surface area contributed by atoms with E-state index in [1.165, 1.54) is 6.20 Å². The number of benzene rings is 2. The van der Waals surface area contributed by atoms with Gasteiger partial charge in [0.2, 0.25) is 5.91 Å². The summed E-state index contributed by atoms with van der Waals surface area (Å²) in [7, 11) is 0. The average Bonchev–Trinajstić information content (AvgIpc) is 2.74. The van der Waals surface area contributed by atoms with E-state index in [0.717, 1.165) is 11.3 Å². The lowest BCUT2D eigenvalue weighted by Crippen LogP contribution is -2.11. The van der Waals surface area contributed by atoms with Crippen molar-refractivity contribution in [2.45, 2.75) is 20.3 Å². The molecule has 29 heavy (non-hydrogen) atoms. The van der Waals surface area contributed by atoms with Crippen LogP contribution in [0.25, 0.3) is 10.9 Å². The third-order valence-corrected chi connectivity index (χ3v) is 4.28. The van der Waals surface area contributed by atoms with E-state index in [-0.39, 0.29) is 5.91 Å². The Morgan fingerprint density at radius 2 is 2.10 bits per heavy atom. The van der Waals surface area contributed by atoms with Gasteiger partial charge in [-0.05, 0) is 31.2 Å². The summed E-state index contributed by atoms with van der Waals surface area (Å²) in [6, 6.07) is 13.0. The molecule has 0 aliphatic rings. The van der Waals surface area contributed by atoms with Crippen LogP contribution in [-0.4, -0.2) is 17.5 Å². The van der Waals surface area contributed by atoms with Crippen LogP contribution in [0.4, 0.5) is 17.1 Å². The molecule has 144 valence electrons. The van der Waals surface area contributed by atoms with Gasteiger partial charge in [-0.3, -0.25) is 9.78 Å². The van der Waals surface area contributed by atoms with Crippen molar-refractivity contribution < 1.29 is 9.53 Å². The van der Waals surface area contributed by atoms with Crippen molar-refractivity contribution in [3.05, 3.63) is 53.7 Å². The molecular formula is C23H20N4O2. The molecule has 0 fully saturated rings. The van der Waals surface area contributed by atoms with Crippen LogP contribution in [0.1, 0.15) is 31.4 Å². The highest BCUT2D eigenvalue weighted by molar-refractivity contribution is 6.02. The number of hydrogen-bond donors (Lipinski definition) is 2. The van der Waals surface area contributed by atoms with Crippen LogP contribution in [0, 0.1) is 23.7 Å². The van der Waals surface area contributed by atoms with Crippen molar-refractivity contribution >= 4 is 33.9 Å². The van der Waals surface area contributed by atoms with E-state index in [9.17, 15) is 10.1 Å². The van der Waals surface area contributed by atoms with Crippen LogP contribution in [0.2, 0.25) is 0 Å². The molecule has 0 aliphatic heterocycles. The fourth-order valence-corrected chi connectivity index (χ4v) is 2.88. The zero-order chi connectivity index (χ0) is 20.8. The van der Waals surface area contributed by atoms with Gasteiger partial charge in [-0.2, -0.15) is 5.26 Å². The van der Waals surface area contributed by atoms with E-state index in [0.29, 0.717) is 46.6 Å². The monoisotopic (exact) mass is 384 g/mol. The first-order valence-electron chi connectivity index (χ1n) is 9.22. The Bertz CT molecular complexity index is 1160. The van der Waals surface area contributed by atoms with Crippen LogP contribution < -0.4 is 15.4 Å². The highest BCUT2D eigenvalue weighted by Gasteiger charge is 2.15. The number of terminal acetylenes is 1. The third kappa shape index (κ3) is 4.28. The molecule has 0 saturated heterocycles. The lowest BCUT2D eigenvalue weighted by molar-refractivity contribution is -0.115. The Hall–Kier alpha value is -4.03. The summed E-state index contributed by atoms with van der Waals surface area (Å²) >= 11 is 0. The molecular weight excluding hydrogens is 364 g/mol. The van der Waals surface area contributed by atoms with Crippen molar-refractivity contribution in [2.24, 2.45) is 0 Å². The second-order valence-corrected chi connectivity index (χ2v) is 6.21. The Balaban J connectivity index is 2.18. The highest BCUT2D eigenvalue weighted by atomic mass is 16.5. The van der Waals surface area contributed by atoms with E-state index >= 15 is 0 Å². The van der Waals surface area contributed by atoms with Crippen LogP contribution >= 0.6 is 0 Å². The number of fused-ring (bicyclic) bond motifs is 1. The van der Waals surface area contributed by atoms with E-state index in [1.807, 2.05) is 31.2 Å². The maximum absolute atomic E-state index is 12.0. The molecule has 0 saturated carbocycles. The Labute approximate surface area is 169 Å². The van der Waals surface area contributed by atoms with Crippen molar-refractivity contribution in [2.75, 3.05) is 17.2 Å². The molecule has 2 N–H and O–H groups in total. The van der Waals surface area contributed by atoms with Gasteiger partial charge < -0.3 is 15.4 Å². The van der Waals surface area contributed by atoms with Gasteiger partial charge in [0.25, 0.3) is 0 Å². The van der Waals surface area contributed by atoms with Gasteiger partial charge in [-0.25, -0.2) is 0 Å². The summed E-state index contributed by atoms with van der Waals surface area (Å²) in [4.78, 5) is 16.4. The van der Waals surface area contributed by atoms with Crippen molar-refractivity contribution in [3.8, 4) is 24.2 Å². The summed E-state index contributed by atoms with van der Waals surface area (Å²) in [5.41, 5.74) is 3.60. The normalized spacial score (nSPS) is 10.1. The van der Waals surface area contributed by atoms with Gasteiger partial charge in [0, 0.05) is 35.3 Å². The predicted molar refractivity (Wildman–Crippen MR) is 114 cm³/mol. The molecule has 3 rings (SSSR count). The number of ether oxygens (including phenoxy) is 1. The number of nitrogens with zero attached hydrogens (tertiary/aromatic N) is 2. The second kappa shape index (κ2) is 8.77. The highest BCUT2D eigenvalue weighted by Crippen LogP contribution is 2.36. The Morgan fingerprint density at radius 3 is 2.79 bits per heavy atom. The number of aromatic nitrogens is 1. The fraction of sp³-hybridized carbons (Fsp3) is 0.174. The van der Waals surface area contributed by atoms with Gasteiger partial charge in [-0.15, -0.1) is 6.42 Å². The smallest absolute Gasteiger partial charge is 0.224 e. The third-order valence-electron chi connectivity index (χ3n) is 4.28. The van der Waals surface area contributed by atoms with E-state index in [1.54, 1.807) is 19.1 Å². The lowest BCUT2D eigenvalue weighted by atomic mass is 10.1. The van der Waals surface area contributed by atoms with Gasteiger partial charge >= 0.3 is 0 Å². The molecule has 1 amide bonds. The molecule has 6 heteroatoms. The number of hydrogen-bond acceptors (Lipinski definition) is 5. The van der Waals surface area contributed by atoms with Gasteiger partial charge in [-0.1, -0.05) is 18.9 Å². The molecule has 6 nitrogen and oxygen atoms in total. The fourth-order valence-electron chi connectivity index (χ4n) is 2.88. The maximum atomic E-state index is 12.0. The SMILES string of the molecule is C#Cc1cccc(Nc2c(C#N)cnc3cc(OCC)c(NC(=O)CC)cc23)c1. The Morgan fingerprint density at radius 1 is 1.28 bits per heavy atom. The minimum Gasteiger partial charge on any atom is -0.492 e. The quantitative estimate of drug-likeness (QED) is 0.608.